The summed E-state index contributed by atoms with van der Waals surface area (Å²) < 4.78 is 4.93. The number of hydrogen-bond acceptors (Lipinski definition) is 4. The van der Waals surface area contributed by atoms with Gasteiger partial charge in [0.2, 0.25) is 0 Å². The van der Waals surface area contributed by atoms with Gasteiger partial charge in [0.05, 0.1) is 13.0 Å². The van der Waals surface area contributed by atoms with Crippen LogP contribution in [-0.2, 0) is 16.1 Å². The minimum absolute atomic E-state index is 0.118. The Labute approximate surface area is 101 Å². The zero-order chi connectivity index (χ0) is 12.0. The molecule has 0 aliphatic rings. The molecule has 4 heteroatoms. The third-order valence-electron chi connectivity index (χ3n) is 2.51. The van der Waals surface area contributed by atoms with Crippen molar-refractivity contribution in [2.45, 2.75) is 32.9 Å². The van der Waals surface area contributed by atoms with Crippen molar-refractivity contribution in [3.8, 4) is 0 Å². The molecule has 1 aromatic heterocycles. The van der Waals surface area contributed by atoms with Gasteiger partial charge in [-0.25, -0.2) is 0 Å². The average molecular weight is 241 g/mol. The molecule has 1 aromatic rings. The zero-order valence-electron chi connectivity index (χ0n) is 10.1. The molecule has 3 nitrogen and oxygen atoms in total. The Morgan fingerprint density at radius 1 is 1.62 bits per heavy atom. The molecule has 1 unspecified atom stereocenters. The van der Waals surface area contributed by atoms with Crippen LogP contribution in [0, 0.1) is 0 Å². The minimum atomic E-state index is -0.118. The maximum Gasteiger partial charge on any atom is 0.307 e. The van der Waals surface area contributed by atoms with E-state index >= 15 is 0 Å². The number of carbonyl (C=O) groups is 1. The molecular formula is C12H19NO2S. The molecule has 0 aliphatic heterocycles. The molecule has 0 saturated heterocycles. The van der Waals surface area contributed by atoms with Crippen LogP contribution in [0.1, 0.15) is 25.1 Å². The number of rotatable bonds is 6. The molecule has 0 radical (unpaired) electrons. The van der Waals surface area contributed by atoms with Crippen LogP contribution in [0.3, 0.4) is 0 Å². The Balaban J connectivity index is 2.35. The fourth-order valence-electron chi connectivity index (χ4n) is 1.42. The van der Waals surface area contributed by atoms with Gasteiger partial charge in [0, 0.05) is 17.5 Å². The molecule has 0 saturated carbocycles. The Kier molecular flexibility index (Phi) is 5.49. The summed E-state index contributed by atoms with van der Waals surface area (Å²) in [6.45, 7) is 5.22. The van der Waals surface area contributed by atoms with Gasteiger partial charge in [-0.3, -0.25) is 9.69 Å². The zero-order valence-corrected chi connectivity index (χ0v) is 10.9. The molecule has 1 atom stereocenters. The fourth-order valence-corrected chi connectivity index (χ4v) is 2.19. The van der Waals surface area contributed by atoms with Crippen LogP contribution in [0.25, 0.3) is 0 Å². The highest BCUT2D eigenvalue weighted by Crippen LogP contribution is 2.13. The van der Waals surface area contributed by atoms with Gasteiger partial charge in [-0.15, -0.1) is 11.3 Å². The first kappa shape index (κ1) is 13.2. The van der Waals surface area contributed by atoms with E-state index in [0.29, 0.717) is 13.0 Å². The summed E-state index contributed by atoms with van der Waals surface area (Å²) in [6.07, 6.45) is 0.454. The molecule has 1 heterocycles. The molecule has 0 N–H and O–H groups in total. The van der Waals surface area contributed by atoms with Gasteiger partial charge in [0.25, 0.3) is 0 Å². The normalized spacial score (nSPS) is 12.8. The van der Waals surface area contributed by atoms with Gasteiger partial charge >= 0.3 is 5.97 Å². The lowest BCUT2D eigenvalue weighted by Gasteiger charge is -2.23. The molecule has 0 spiro atoms. The van der Waals surface area contributed by atoms with Crippen LogP contribution >= 0.6 is 11.3 Å². The lowest BCUT2D eigenvalue weighted by atomic mass is 10.2. The largest absolute Gasteiger partial charge is 0.466 e. The Morgan fingerprint density at radius 3 is 2.94 bits per heavy atom. The summed E-state index contributed by atoms with van der Waals surface area (Å²) in [4.78, 5) is 14.8. The van der Waals surface area contributed by atoms with E-state index in [1.807, 2.05) is 27.0 Å². The van der Waals surface area contributed by atoms with E-state index in [-0.39, 0.29) is 12.0 Å². The van der Waals surface area contributed by atoms with Crippen LogP contribution in [0.5, 0.6) is 0 Å². The number of nitrogens with zero attached hydrogens (tertiary/aromatic N) is 1. The van der Waals surface area contributed by atoms with Crippen LogP contribution in [0.15, 0.2) is 17.5 Å². The summed E-state index contributed by atoms with van der Waals surface area (Å²) >= 11 is 1.74. The van der Waals surface area contributed by atoms with Crippen molar-refractivity contribution in [3.05, 3.63) is 22.4 Å². The summed E-state index contributed by atoms with van der Waals surface area (Å²) in [7, 11) is 2.03. The van der Waals surface area contributed by atoms with Crippen molar-refractivity contribution in [1.29, 1.82) is 0 Å². The number of thiophene rings is 1. The van der Waals surface area contributed by atoms with E-state index in [4.69, 9.17) is 4.74 Å². The molecule has 0 aromatic carbocycles. The Hall–Kier alpha value is -0.870. The standard InChI is InChI=1S/C12H19NO2S/c1-4-15-12(14)8-10(2)13(3)9-11-6-5-7-16-11/h5-7,10H,4,8-9H2,1-3H3. The molecule has 0 amide bonds. The van der Waals surface area contributed by atoms with Gasteiger partial charge in [-0.1, -0.05) is 6.07 Å². The molecule has 16 heavy (non-hydrogen) atoms. The van der Waals surface area contributed by atoms with E-state index in [1.54, 1.807) is 11.3 Å². The monoisotopic (exact) mass is 241 g/mol. The smallest absolute Gasteiger partial charge is 0.307 e. The first-order valence-electron chi connectivity index (χ1n) is 5.51. The van der Waals surface area contributed by atoms with Gasteiger partial charge in [0.1, 0.15) is 0 Å². The predicted octanol–water partition coefficient (Wildman–Crippen LogP) is 2.52. The van der Waals surface area contributed by atoms with Gasteiger partial charge in [-0.05, 0) is 32.3 Å². The third kappa shape index (κ3) is 4.33. The first-order chi connectivity index (χ1) is 7.63. The number of carbonyl (C=O) groups excluding carboxylic acids is 1. The molecule has 0 aliphatic carbocycles. The van der Waals surface area contributed by atoms with Gasteiger partial charge in [0.15, 0.2) is 0 Å². The number of ether oxygens (including phenoxy) is 1. The van der Waals surface area contributed by atoms with Crippen LogP contribution in [-0.4, -0.2) is 30.6 Å². The van der Waals surface area contributed by atoms with Gasteiger partial charge < -0.3 is 4.74 Å². The highest BCUT2D eigenvalue weighted by molar-refractivity contribution is 7.09. The molecular weight excluding hydrogens is 222 g/mol. The van der Waals surface area contributed by atoms with E-state index in [9.17, 15) is 4.79 Å². The summed E-state index contributed by atoms with van der Waals surface area (Å²) in [5.41, 5.74) is 0. The Morgan fingerprint density at radius 2 is 2.38 bits per heavy atom. The van der Waals surface area contributed by atoms with Crippen molar-refractivity contribution >= 4 is 17.3 Å². The van der Waals surface area contributed by atoms with E-state index in [1.165, 1.54) is 4.88 Å². The van der Waals surface area contributed by atoms with Crippen molar-refractivity contribution in [3.63, 3.8) is 0 Å². The second-order valence-electron chi connectivity index (χ2n) is 3.85. The maximum absolute atomic E-state index is 11.3. The van der Waals surface area contributed by atoms with Crippen molar-refractivity contribution in [1.82, 2.24) is 4.90 Å². The number of hydrogen-bond donors (Lipinski definition) is 0. The lowest BCUT2D eigenvalue weighted by Crippen LogP contribution is -2.30. The highest BCUT2D eigenvalue weighted by Gasteiger charge is 2.14. The van der Waals surface area contributed by atoms with Crippen molar-refractivity contribution in [2.75, 3.05) is 13.7 Å². The van der Waals surface area contributed by atoms with Crippen molar-refractivity contribution < 1.29 is 9.53 Å². The first-order valence-corrected chi connectivity index (χ1v) is 6.39. The summed E-state index contributed by atoms with van der Waals surface area (Å²) in [6, 6.07) is 4.36. The topological polar surface area (TPSA) is 29.5 Å². The molecule has 1 rings (SSSR count). The van der Waals surface area contributed by atoms with Crippen LogP contribution in [0.2, 0.25) is 0 Å². The lowest BCUT2D eigenvalue weighted by molar-refractivity contribution is -0.144. The highest BCUT2D eigenvalue weighted by atomic mass is 32.1. The van der Waals surface area contributed by atoms with E-state index in [2.05, 4.69) is 16.3 Å². The molecule has 0 fully saturated rings. The summed E-state index contributed by atoms with van der Waals surface area (Å²) in [5, 5.41) is 2.07. The second kappa shape index (κ2) is 6.66. The summed E-state index contributed by atoms with van der Waals surface area (Å²) in [5.74, 6) is -0.118. The second-order valence-corrected chi connectivity index (χ2v) is 4.88. The average Bonchev–Trinajstić information content (AvgIpc) is 2.70. The van der Waals surface area contributed by atoms with Crippen molar-refractivity contribution in [2.24, 2.45) is 0 Å². The van der Waals surface area contributed by atoms with Crippen LogP contribution in [0.4, 0.5) is 0 Å². The number of esters is 1. The SMILES string of the molecule is CCOC(=O)CC(C)N(C)Cc1cccs1. The molecule has 0 bridgehead atoms. The minimum Gasteiger partial charge on any atom is -0.466 e. The fraction of sp³-hybridized carbons (Fsp3) is 0.583. The van der Waals surface area contributed by atoms with Gasteiger partial charge in [-0.2, -0.15) is 0 Å². The quantitative estimate of drug-likeness (QED) is 0.717. The Bertz CT molecular complexity index is 311. The van der Waals surface area contributed by atoms with Crippen LogP contribution < -0.4 is 0 Å². The maximum atomic E-state index is 11.3. The predicted molar refractivity (Wildman–Crippen MR) is 66.5 cm³/mol. The molecule has 90 valence electrons. The third-order valence-corrected chi connectivity index (χ3v) is 3.37. The van der Waals surface area contributed by atoms with E-state index < -0.39 is 0 Å². The van der Waals surface area contributed by atoms with E-state index in [0.717, 1.165) is 6.54 Å².